The first-order valence-electron chi connectivity index (χ1n) is 6.27. The van der Waals surface area contributed by atoms with Crippen LogP contribution in [0.25, 0.3) is 0 Å². The van der Waals surface area contributed by atoms with Gasteiger partial charge in [0.1, 0.15) is 5.82 Å². The SMILES string of the molecule is CCCCc1ccc(F)cc1.O=CNCCCO. The lowest BCUT2D eigenvalue weighted by molar-refractivity contribution is -0.109. The maximum atomic E-state index is 12.4. The Balaban J connectivity index is 0.000000360. The first kappa shape index (κ1) is 16.6. The molecule has 0 saturated heterocycles. The molecule has 0 saturated carbocycles. The van der Waals surface area contributed by atoms with Gasteiger partial charge in [-0.25, -0.2) is 4.39 Å². The van der Waals surface area contributed by atoms with E-state index in [1.54, 1.807) is 0 Å². The maximum absolute atomic E-state index is 12.4. The van der Waals surface area contributed by atoms with Gasteiger partial charge in [0.2, 0.25) is 6.41 Å². The smallest absolute Gasteiger partial charge is 0.207 e. The van der Waals surface area contributed by atoms with Crippen molar-refractivity contribution < 1.29 is 14.3 Å². The highest BCUT2D eigenvalue weighted by Crippen LogP contribution is 2.06. The molecule has 0 bridgehead atoms. The van der Waals surface area contributed by atoms with Crippen LogP contribution < -0.4 is 5.32 Å². The van der Waals surface area contributed by atoms with E-state index >= 15 is 0 Å². The Morgan fingerprint density at radius 3 is 2.44 bits per heavy atom. The quantitative estimate of drug-likeness (QED) is 0.580. The number of carbonyl (C=O) groups excluding carboxylic acids is 1. The van der Waals surface area contributed by atoms with Crippen molar-refractivity contribution >= 4 is 6.41 Å². The van der Waals surface area contributed by atoms with E-state index in [-0.39, 0.29) is 12.4 Å². The molecule has 2 N–H and O–H groups in total. The van der Waals surface area contributed by atoms with E-state index in [4.69, 9.17) is 5.11 Å². The molecule has 1 aromatic carbocycles. The monoisotopic (exact) mass is 255 g/mol. The molecule has 0 aliphatic carbocycles. The highest BCUT2D eigenvalue weighted by molar-refractivity contribution is 5.45. The fourth-order valence-electron chi connectivity index (χ4n) is 1.27. The summed E-state index contributed by atoms with van der Waals surface area (Å²) in [6.07, 6.45) is 4.70. The number of aliphatic hydroxyl groups excluding tert-OH is 1. The minimum absolute atomic E-state index is 0.140. The van der Waals surface area contributed by atoms with E-state index in [2.05, 4.69) is 12.2 Å². The molecule has 102 valence electrons. The van der Waals surface area contributed by atoms with Gasteiger partial charge in [-0.1, -0.05) is 25.5 Å². The first-order chi connectivity index (χ1) is 8.74. The van der Waals surface area contributed by atoms with Crippen LogP contribution in [-0.2, 0) is 11.2 Å². The van der Waals surface area contributed by atoms with E-state index in [0.29, 0.717) is 19.4 Å². The molecule has 0 unspecified atom stereocenters. The molecular weight excluding hydrogens is 233 g/mol. The fraction of sp³-hybridized carbons (Fsp3) is 0.500. The summed E-state index contributed by atoms with van der Waals surface area (Å²) >= 11 is 0. The molecule has 0 spiro atoms. The van der Waals surface area contributed by atoms with Gasteiger partial charge in [0.05, 0.1) is 0 Å². The lowest BCUT2D eigenvalue weighted by Crippen LogP contribution is -2.12. The van der Waals surface area contributed by atoms with Gasteiger partial charge in [-0.15, -0.1) is 0 Å². The Bertz CT molecular complexity index is 301. The van der Waals surface area contributed by atoms with Crippen molar-refractivity contribution in [3.63, 3.8) is 0 Å². The van der Waals surface area contributed by atoms with E-state index in [1.807, 2.05) is 12.1 Å². The topological polar surface area (TPSA) is 49.3 Å². The van der Waals surface area contributed by atoms with Crippen LogP contribution in [0.1, 0.15) is 31.7 Å². The highest BCUT2D eigenvalue weighted by atomic mass is 19.1. The molecule has 1 rings (SSSR count). The van der Waals surface area contributed by atoms with Crippen LogP contribution in [-0.4, -0.2) is 24.7 Å². The highest BCUT2D eigenvalue weighted by Gasteiger charge is 1.91. The molecular formula is C14H22FNO2. The molecule has 0 aromatic heterocycles. The second kappa shape index (κ2) is 12.0. The normalized spacial score (nSPS) is 9.28. The van der Waals surface area contributed by atoms with Crippen molar-refractivity contribution in [2.75, 3.05) is 13.2 Å². The van der Waals surface area contributed by atoms with Crippen LogP contribution in [0.3, 0.4) is 0 Å². The third-order valence-corrected chi connectivity index (χ3v) is 2.29. The van der Waals surface area contributed by atoms with Gasteiger partial charge in [0.15, 0.2) is 0 Å². The molecule has 1 aromatic rings. The molecule has 0 aliphatic heterocycles. The number of unbranched alkanes of at least 4 members (excludes halogenated alkanes) is 1. The summed E-state index contributed by atoms with van der Waals surface area (Å²) in [5.41, 5.74) is 1.23. The number of rotatable bonds is 7. The number of benzene rings is 1. The van der Waals surface area contributed by atoms with Gasteiger partial charge < -0.3 is 10.4 Å². The average Bonchev–Trinajstić information content (AvgIpc) is 2.40. The van der Waals surface area contributed by atoms with Gasteiger partial charge in [0.25, 0.3) is 0 Å². The molecule has 0 radical (unpaired) electrons. The summed E-state index contributed by atoms with van der Waals surface area (Å²) in [6.45, 7) is 2.87. The van der Waals surface area contributed by atoms with Crippen molar-refractivity contribution in [3.05, 3.63) is 35.6 Å². The standard InChI is InChI=1S/C10H13F.C4H9NO2/c1-2-3-4-9-5-7-10(11)8-6-9;6-3-1-2-5-4-7/h5-8H,2-4H2,1H3;4,6H,1-3H2,(H,5,7). The van der Waals surface area contributed by atoms with Crippen molar-refractivity contribution in [2.24, 2.45) is 0 Å². The maximum Gasteiger partial charge on any atom is 0.207 e. The largest absolute Gasteiger partial charge is 0.396 e. The van der Waals surface area contributed by atoms with Crippen LogP contribution >= 0.6 is 0 Å². The summed E-state index contributed by atoms with van der Waals surface area (Å²) in [5, 5.41) is 10.5. The second-order valence-electron chi connectivity index (χ2n) is 3.88. The summed E-state index contributed by atoms with van der Waals surface area (Å²) in [6, 6.07) is 6.74. The molecule has 0 atom stereocenters. The van der Waals surface area contributed by atoms with Crippen molar-refractivity contribution in [2.45, 2.75) is 32.6 Å². The second-order valence-corrected chi connectivity index (χ2v) is 3.88. The predicted molar refractivity (Wildman–Crippen MR) is 70.8 cm³/mol. The van der Waals surface area contributed by atoms with E-state index < -0.39 is 0 Å². The molecule has 0 fully saturated rings. The number of hydrogen-bond donors (Lipinski definition) is 2. The Kier molecular flexibility index (Phi) is 11.1. The third kappa shape index (κ3) is 9.78. The molecule has 18 heavy (non-hydrogen) atoms. The minimum atomic E-state index is -0.148. The minimum Gasteiger partial charge on any atom is -0.396 e. The van der Waals surface area contributed by atoms with Gasteiger partial charge in [-0.3, -0.25) is 4.79 Å². The van der Waals surface area contributed by atoms with E-state index in [1.165, 1.54) is 30.5 Å². The Morgan fingerprint density at radius 1 is 1.28 bits per heavy atom. The predicted octanol–water partition coefficient (Wildman–Crippen LogP) is 2.28. The van der Waals surface area contributed by atoms with E-state index in [0.717, 1.165) is 6.42 Å². The van der Waals surface area contributed by atoms with E-state index in [9.17, 15) is 9.18 Å². The van der Waals surface area contributed by atoms with Gasteiger partial charge in [-0.2, -0.15) is 0 Å². The number of aliphatic hydroxyl groups is 1. The lowest BCUT2D eigenvalue weighted by Gasteiger charge is -1.97. The zero-order valence-corrected chi connectivity index (χ0v) is 10.9. The zero-order valence-electron chi connectivity index (χ0n) is 10.9. The van der Waals surface area contributed by atoms with Crippen LogP contribution in [0, 0.1) is 5.82 Å². The summed E-state index contributed by atoms with van der Waals surface area (Å²) in [7, 11) is 0. The van der Waals surface area contributed by atoms with Gasteiger partial charge in [-0.05, 0) is 37.0 Å². The average molecular weight is 255 g/mol. The number of hydrogen-bond acceptors (Lipinski definition) is 2. The number of amides is 1. The molecule has 0 heterocycles. The van der Waals surface area contributed by atoms with Crippen LogP contribution in [0.5, 0.6) is 0 Å². The molecule has 4 heteroatoms. The first-order valence-corrected chi connectivity index (χ1v) is 6.27. The van der Waals surface area contributed by atoms with Crippen molar-refractivity contribution in [1.82, 2.24) is 5.32 Å². The number of carbonyl (C=O) groups is 1. The summed E-state index contributed by atoms with van der Waals surface area (Å²) in [4.78, 5) is 9.49. The van der Waals surface area contributed by atoms with Gasteiger partial charge in [0, 0.05) is 13.2 Å². The molecule has 3 nitrogen and oxygen atoms in total. The third-order valence-electron chi connectivity index (χ3n) is 2.29. The Hall–Kier alpha value is -1.42. The number of aryl methyl sites for hydroxylation is 1. The van der Waals surface area contributed by atoms with Crippen LogP contribution in [0.15, 0.2) is 24.3 Å². The number of halogens is 1. The Labute approximate surface area is 108 Å². The lowest BCUT2D eigenvalue weighted by atomic mass is 10.1. The van der Waals surface area contributed by atoms with Crippen molar-refractivity contribution in [3.8, 4) is 0 Å². The van der Waals surface area contributed by atoms with Crippen LogP contribution in [0.2, 0.25) is 0 Å². The summed E-state index contributed by atoms with van der Waals surface area (Å²) < 4.78 is 12.4. The zero-order chi connectivity index (χ0) is 13.6. The van der Waals surface area contributed by atoms with Crippen molar-refractivity contribution in [1.29, 1.82) is 0 Å². The Morgan fingerprint density at radius 2 is 1.94 bits per heavy atom. The molecule has 1 amide bonds. The number of nitrogens with one attached hydrogen (secondary N) is 1. The summed E-state index contributed by atoms with van der Waals surface area (Å²) in [5.74, 6) is -0.148. The van der Waals surface area contributed by atoms with Crippen LogP contribution in [0.4, 0.5) is 4.39 Å². The molecule has 0 aliphatic rings. The fourth-order valence-corrected chi connectivity index (χ4v) is 1.27. The van der Waals surface area contributed by atoms with Gasteiger partial charge >= 0.3 is 0 Å².